The number of rotatable bonds is 5. The van der Waals surface area contributed by atoms with Gasteiger partial charge in [0.05, 0.1) is 5.75 Å². The number of hydrogen-bond donors (Lipinski definition) is 4. The SMILES string of the molecule is Cc1cc(Nc2nccc(C(F)(F)F)n2)cc(-c2ccc(C(=O)NC3CCS(O)(O)C3)nc2)c1. The van der Waals surface area contributed by atoms with Crippen molar-refractivity contribution >= 4 is 28.1 Å². The highest BCUT2D eigenvalue weighted by Gasteiger charge is 2.33. The van der Waals surface area contributed by atoms with Crippen molar-refractivity contribution in [2.45, 2.75) is 25.6 Å². The van der Waals surface area contributed by atoms with Crippen LogP contribution in [-0.2, 0) is 6.18 Å². The Hall–Kier alpha value is -3.22. The summed E-state index contributed by atoms with van der Waals surface area (Å²) in [6.45, 7) is 1.84. The zero-order chi connectivity index (χ0) is 24.5. The minimum atomic E-state index is -4.57. The average molecular weight is 494 g/mol. The van der Waals surface area contributed by atoms with Gasteiger partial charge in [-0.3, -0.25) is 18.9 Å². The van der Waals surface area contributed by atoms with Gasteiger partial charge in [-0.2, -0.15) is 23.8 Å². The summed E-state index contributed by atoms with van der Waals surface area (Å²) in [5.74, 6) is -0.160. The second kappa shape index (κ2) is 9.20. The highest BCUT2D eigenvalue weighted by Crippen LogP contribution is 2.45. The second-order valence-corrected chi connectivity index (χ2v) is 10.4. The maximum Gasteiger partial charge on any atom is 0.433 e. The van der Waals surface area contributed by atoms with Crippen LogP contribution in [0.25, 0.3) is 11.1 Å². The van der Waals surface area contributed by atoms with Crippen molar-refractivity contribution in [3.05, 3.63) is 65.7 Å². The summed E-state index contributed by atoms with van der Waals surface area (Å²) in [5, 5.41) is 5.56. The molecule has 1 amide bonds. The first kappa shape index (κ1) is 23.9. The lowest BCUT2D eigenvalue weighted by molar-refractivity contribution is -0.141. The van der Waals surface area contributed by atoms with Crippen molar-refractivity contribution in [1.82, 2.24) is 20.3 Å². The summed E-state index contributed by atoms with van der Waals surface area (Å²) < 4.78 is 58.2. The van der Waals surface area contributed by atoms with E-state index in [1.807, 2.05) is 13.0 Å². The van der Waals surface area contributed by atoms with Gasteiger partial charge in [0.1, 0.15) is 11.4 Å². The first-order valence-corrected chi connectivity index (χ1v) is 12.2. The van der Waals surface area contributed by atoms with Crippen molar-refractivity contribution in [3.63, 3.8) is 0 Å². The molecule has 1 atom stereocenters. The zero-order valence-electron chi connectivity index (χ0n) is 18.0. The predicted octanol–water partition coefficient (Wildman–Crippen LogP) is 4.86. The average Bonchev–Trinajstić information content (AvgIpc) is 3.11. The Kier molecular flexibility index (Phi) is 6.47. The van der Waals surface area contributed by atoms with E-state index in [2.05, 4.69) is 25.6 Å². The maximum atomic E-state index is 12.9. The van der Waals surface area contributed by atoms with Crippen molar-refractivity contribution < 1.29 is 27.1 Å². The molecule has 0 aliphatic carbocycles. The molecule has 4 N–H and O–H groups in total. The van der Waals surface area contributed by atoms with E-state index in [1.54, 1.807) is 24.3 Å². The zero-order valence-corrected chi connectivity index (χ0v) is 18.8. The molecule has 0 saturated carbocycles. The van der Waals surface area contributed by atoms with E-state index >= 15 is 0 Å². The fraction of sp³-hybridized carbons (Fsp3) is 0.273. The third-order valence-electron chi connectivity index (χ3n) is 5.21. The molecule has 1 unspecified atom stereocenters. The Labute approximate surface area is 195 Å². The Morgan fingerprint density at radius 1 is 1.12 bits per heavy atom. The summed E-state index contributed by atoms with van der Waals surface area (Å²) in [7, 11) is -2.61. The first-order valence-electron chi connectivity index (χ1n) is 10.3. The number of alkyl halides is 3. The summed E-state index contributed by atoms with van der Waals surface area (Å²) >= 11 is 0. The van der Waals surface area contributed by atoms with Gasteiger partial charge in [0.15, 0.2) is 0 Å². The number of aromatic nitrogens is 3. The molecule has 3 aromatic rings. The lowest BCUT2D eigenvalue weighted by atomic mass is 10.0. The molecule has 1 saturated heterocycles. The second-order valence-electron chi connectivity index (χ2n) is 8.04. The van der Waals surface area contributed by atoms with Gasteiger partial charge in [0, 0.05) is 35.4 Å². The number of carbonyl (C=O) groups is 1. The van der Waals surface area contributed by atoms with Crippen LogP contribution >= 0.6 is 10.6 Å². The molecule has 1 fully saturated rings. The number of aryl methyl sites for hydroxylation is 1. The fourth-order valence-corrected chi connectivity index (χ4v) is 5.34. The van der Waals surface area contributed by atoms with Gasteiger partial charge in [-0.05, 0) is 48.7 Å². The minimum absolute atomic E-state index is 0.144. The normalized spacial score (nSPS) is 18.4. The van der Waals surface area contributed by atoms with Crippen LogP contribution in [0.5, 0.6) is 0 Å². The maximum absolute atomic E-state index is 12.9. The molecular weight excluding hydrogens is 471 g/mol. The molecule has 8 nitrogen and oxygen atoms in total. The molecule has 0 radical (unpaired) electrons. The van der Waals surface area contributed by atoms with Gasteiger partial charge in [-0.15, -0.1) is 0 Å². The summed E-state index contributed by atoms with van der Waals surface area (Å²) in [4.78, 5) is 24.0. The molecule has 2 aromatic heterocycles. The number of pyridine rings is 1. The van der Waals surface area contributed by atoms with E-state index in [1.165, 1.54) is 6.20 Å². The highest BCUT2D eigenvalue weighted by atomic mass is 32.3. The van der Waals surface area contributed by atoms with Crippen LogP contribution < -0.4 is 10.6 Å². The van der Waals surface area contributed by atoms with E-state index in [0.717, 1.165) is 23.4 Å². The van der Waals surface area contributed by atoms with Gasteiger partial charge in [-0.1, -0.05) is 12.1 Å². The van der Waals surface area contributed by atoms with E-state index in [-0.39, 0.29) is 29.2 Å². The van der Waals surface area contributed by atoms with Crippen LogP contribution in [0.3, 0.4) is 0 Å². The molecule has 12 heteroatoms. The van der Waals surface area contributed by atoms with Gasteiger partial charge < -0.3 is 10.6 Å². The number of benzene rings is 1. The van der Waals surface area contributed by atoms with E-state index in [9.17, 15) is 27.1 Å². The molecule has 1 aliphatic heterocycles. The van der Waals surface area contributed by atoms with Crippen molar-refractivity contribution in [3.8, 4) is 11.1 Å². The minimum Gasteiger partial charge on any atom is -0.346 e. The van der Waals surface area contributed by atoms with Crippen LogP contribution in [0.4, 0.5) is 24.8 Å². The Morgan fingerprint density at radius 3 is 2.56 bits per heavy atom. The topological polar surface area (TPSA) is 120 Å². The summed E-state index contributed by atoms with van der Waals surface area (Å²) in [5.41, 5.74) is 1.92. The van der Waals surface area contributed by atoms with Crippen LogP contribution in [0, 0.1) is 6.92 Å². The van der Waals surface area contributed by atoms with Crippen LogP contribution in [-0.4, -0.2) is 47.5 Å². The Morgan fingerprint density at radius 2 is 1.91 bits per heavy atom. The predicted molar refractivity (Wildman–Crippen MR) is 123 cm³/mol. The monoisotopic (exact) mass is 493 g/mol. The number of amides is 1. The Bertz CT molecular complexity index is 1210. The molecule has 180 valence electrons. The van der Waals surface area contributed by atoms with E-state index in [0.29, 0.717) is 17.7 Å². The number of nitrogens with zero attached hydrogens (tertiary/aromatic N) is 3. The van der Waals surface area contributed by atoms with Crippen molar-refractivity contribution in [1.29, 1.82) is 0 Å². The quantitative estimate of drug-likeness (QED) is 0.401. The van der Waals surface area contributed by atoms with Gasteiger partial charge in [-0.25, -0.2) is 9.97 Å². The number of halogens is 3. The number of anilines is 2. The molecule has 1 aliphatic rings. The fourth-order valence-electron chi connectivity index (χ4n) is 3.62. The van der Waals surface area contributed by atoms with Gasteiger partial charge in [0.25, 0.3) is 5.91 Å². The number of hydrogen-bond acceptors (Lipinski definition) is 7. The highest BCUT2D eigenvalue weighted by molar-refractivity contribution is 8.24. The van der Waals surface area contributed by atoms with Gasteiger partial charge in [0.2, 0.25) is 5.95 Å². The van der Waals surface area contributed by atoms with Crippen LogP contribution in [0.15, 0.2) is 48.8 Å². The molecular formula is C22H22F3N5O3S. The standard InChI is InChI=1S/C22H22F3N5O3S/c1-13-8-15(10-17(9-13)29-21-26-6-4-19(30-21)22(23,24)25)14-2-3-18(27-11-14)20(31)28-16-5-7-34(32,33)12-16/h2-4,6,8-11,16,32-33H,5,7,12H2,1H3,(H,28,31)(H,26,29,30). The molecule has 0 bridgehead atoms. The number of nitrogens with one attached hydrogen (secondary N) is 2. The molecule has 0 spiro atoms. The third-order valence-corrected chi connectivity index (χ3v) is 7.03. The molecule has 34 heavy (non-hydrogen) atoms. The molecule has 3 heterocycles. The number of carbonyl (C=O) groups excluding carboxylic acids is 1. The largest absolute Gasteiger partial charge is 0.433 e. The molecule has 4 rings (SSSR count). The van der Waals surface area contributed by atoms with E-state index in [4.69, 9.17) is 0 Å². The van der Waals surface area contributed by atoms with Crippen molar-refractivity contribution in [2.24, 2.45) is 0 Å². The molecule has 1 aromatic carbocycles. The van der Waals surface area contributed by atoms with Crippen LogP contribution in [0.1, 0.15) is 28.2 Å². The van der Waals surface area contributed by atoms with Crippen molar-refractivity contribution in [2.75, 3.05) is 16.8 Å². The first-order chi connectivity index (χ1) is 16.0. The summed E-state index contributed by atoms with van der Waals surface area (Å²) in [6.07, 6.45) is -1.51. The van der Waals surface area contributed by atoms with Gasteiger partial charge >= 0.3 is 6.18 Å². The lowest BCUT2D eigenvalue weighted by Crippen LogP contribution is -2.35. The van der Waals surface area contributed by atoms with Crippen LogP contribution in [0.2, 0.25) is 0 Å². The lowest BCUT2D eigenvalue weighted by Gasteiger charge is -2.25. The Balaban J connectivity index is 1.49. The van der Waals surface area contributed by atoms with E-state index < -0.39 is 28.4 Å². The summed E-state index contributed by atoms with van der Waals surface area (Å²) in [6, 6.07) is 9.10. The smallest absolute Gasteiger partial charge is 0.346 e. The third kappa shape index (κ3) is 5.82.